The Morgan fingerprint density at radius 1 is 1.31 bits per heavy atom. The summed E-state index contributed by atoms with van der Waals surface area (Å²) in [6, 6.07) is 3.27. The van der Waals surface area contributed by atoms with Crippen molar-refractivity contribution in [2.45, 2.75) is 50.7 Å². The SMILES string of the molecule is Cc1ccn(-c2nc(NC3CCC(F)(F)CC3)cc(OC3CN(C(=O)[O-])C3)n2)n1. The van der Waals surface area contributed by atoms with Crippen molar-refractivity contribution in [1.29, 1.82) is 0 Å². The lowest BCUT2D eigenvalue weighted by Gasteiger charge is -2.40. The van der Waals surface area contributed by atoms with Crippen LogP contribution in [0.1, 0.15) is 31.4 Å². The molecule has 0 atom stereocenters. The molecule has 156 valence electrons. The van der Waals surface area contributed by atoms with Crippen molar-refractivity contribution in [1.82, 2.24) is 24.6 Å². The van der Waals surface area contributed by atoms with Gasteiger partial charge in [0.25, 0.3) is 5.95 Å². The number of carbonyl (C=O) groups excluding carboxylic acids is 1. The van der Waals surface area contributed by atoms with Crippen LogP contribution in [0.4, 0.5) is 19.4 Å². The number of aromatic nitrogens is 4. The molecule has 2 fully saturated rings. The van der Waals surface area contributed by atoms with E-state index in [0.29, 0.717) is 18.7 Å². The molecule has 1 N–H and O–H groups in total. The predicted molar refractivity (Wildman–Crippen MR) is 96.1 cm³/mol. The van der Waals surface area contributed by atoms with E-state index >= 15 is 0 Å². The molecule has 0 radical (unpaired) electrons. The third kappa shape index (κ3) is 4.54. The highest BCUT2D eigenvalue weighted by atomic mass is 19.3. The maximum atomic E-state index is 13.4. The lowest BCUT2D eigenvalue weighted by Crippen LogP contribution is -2.59. The maximum absolute atomic E-state index is 13.4. The van der Waals surface area contributed by atoms with Crippen LogP contribution in [0.25, 0.3) is 5.95 Å². The third-order valence-corrected chi connectivity index (χ3v) is 5.08. The molecule has 9 nitrogen and oxygen atoms in total. The molecule has 0 unspecified atom stereocenters. The molecular formula is C18H21F2N6O3-. The number of hydrogen-bond acceptors (Lipinski definition) is 7. The number of anilines is 1. The number of aryl methyl sites for hydroxylation is 1. The van der Waals surface area contributed by atoms with Crippen LogP contribution in [0.3, 0.4) is 0 Å². The first-order valence-electron chi connectivity index (χ1n) is 9.46. The molecule has 2 aliphatic rings. The molecule has 1 aliphatic carbocycles. The summed E-state index contributed by atoms with van der Waals surface area (Å²) in [6.07, 6.45) is 0.490. The fraction of sp³-hybridized carbons (Fsp3) is 0.556. The van der Waals surface area contributed by atoms with Crippen molar-refractivity contribution >= 4 is 11.9 Å². The zero-order chi connectivity index (χ0) is 20.6. The Hall–Kier alpha value is -2.98. The summed E-state index contributed by atoms with van der Waals surface area (Å²) in [7, 11) is 0. The second-order valence-corrected chi connectivity index (χ2v) is 7.48. The van der Waals surface area contributed by atoms with Crippen molar-refractivity contribution < 1.29 is 23.4 Å². The number of nitrogens with zero attached hydrogens (tertiary/aromatic N) is 5. The Balaban J connectivity index is 1.51. The average molecular weight is 407 g/mol. The highest BCUT2D eigenvalue weighted by Gasteiger charge is 2.35. The fourth-order valence-electron chi connectivity index (χ4n) is 3.40. The maximum Gasteiger partial charge on any atom is 0.255 e. The lowest BCUT2D eigenvalue weighted by molar-refractivity contribution is -0.272. The molecule has 3 heterocycles. The molecule has 11 heteroatoms. The van der Waals surface area contributed by atoms with Crippen LogP contribution in [0.5, 0.6) is 5.88 Å². The Morgan fingerprint density at radius 2 is 2.03 bits per heavy atom. The molecule has 0 spiro atoms. The van der Waals surface area contributed by atoms with E-state index in [4.69, 9.17) is 4.74 Å². The van der Waals surface area contributed by atoms with Gasteiger partial charge in [-0.15, -0.1) is 0 Å². The number of alkyl halides is 2. The minimum absolute atomic E-state index is 0.123. The number of carbonyl (C=O) groups is 1. The summed E-state index contributed by atoms with van der Waals surface area (Å²) < 4.78 is 34.1. The standard InChI is InChI=1S/C18H22F2N6O3/c1-11-4-7-26(24-11)16-22-14(21-12-2-5-18(19,20)6-3-12)8-15(23-16)29-13-9-25(10-13)17(27)28/h4,7-8,12-13H,2-3,5-6,9-10H2,1H3,(H,27,28)(H,21,22,23)/p-1. The third-order valence-electron chi connectivity index (χ3n) is 5.08. The zero-order valence-electron chi connectivity index (χ0n) is 15.8. The van der Waals surface area contributed by atoms with Crippen molar-refractivity contribution in [3.63, 3.8) is 0 Å². The Bertz CT molecular complexity index is 889. The Morgan fingerprint density at radius 3 is 2.66 bits per heavy atom. The molecule has 4 rings (SSSR count). The van der Waals surface area contributed by atoms with Crippen molar-refractivity contribution in [3.8, 4) is 11.8 Å². The molecule has 29 heavy (non-hydrogen) atoms. The second kappa shape index (κ2) is 7.45. The van der Waals surface area contributed by atoms with Crippen LogP contribution in [0.2, 0.25) is 0 Å². The van der Waals surface area contributed by atoms with Gasteiger partial charge >= 0.3 is 0 Å². The van der Waals surface area contributed by atoms with Gasteiger partial charge in [0.2, 0.25) is 11.8 Å². The number of carboxylic acid groups (broad SMARTS) is 1. The van der Waals surface area contributed by atoms with Gasteiger partial charge in [-0.1, -0.05) is 0 Å². The molecule has 2 aromatic heterocycles. The highest BCUT2D eigenvalue weighted by Crippen LogP contribution is 2.34. The highest BCUT2D eigenvalue weighted by molar-refractivity contribution is 5.63. The van der Waals surface area contributed by atoms with Gasteiger partial charge in [0.15, 0.2) is 0 Å². The van der Waals surface area contributed by atoms with Crippen LogP contribution in [-0.4, -0.2) is 61.9 Å². The van der Waals surface area contributed by atoms with E-state index < -0.39 is 12.0 Å². The molecule has 2 aromatic rings. The van der Waals surface area contributed by atoms with Crippen molar-refractivity contribution in [3.05, 3.63) is 24.0 Å². The normalized spacial score (nSPS) is 19.6. The average Bonchev–Trinajstić information content (AvgIpc) is 3.06. The number of likely N-dealkylation sites (tertiary alicyclic amines) is 1. The number of nitrogens with one attached hydrogen (secondary N) is 1. The number of halogens is 2. The van der Waals surface area contributed by atoms with Gasteiger partial charge < -0.3 is 24.9 Å². The van der Waals surface area contributed by atoms with Crippen molar-refractivity contribution in [2.75, 3.05) is 18.4 Å². The zero-order valence-corrected chi connectivity index (χ0v) is 15.8. The first-order chi connectivity index (χ1) is 13.8. The largest absolute Gasteiger partial charge is 0.530 e. The number of amides is 1. The van der Waals surface area contributed by atoms with Gasteiger partial charge in [-0.05, 0) is 25.8 Å². The summed E-state index contributed by atoms with van der Waals surface area (Å²) in [6.45, 7) is 2.23. The summed E-state index contributed by atoms with van der Waals surface area (Å²) in [5.41, 5.74) is 0.785. The van der Waals surface area contributed by atoms with Gasteiger partial charge in [0.1, 0.15) is 18.0 Å². The van der Waals surface area contributed by atoms with E-state index in [1.165, 1.54) is 4.68 Å². The van der Waals surface area contributed by atoms with Crippen LogP contribution in [0.15, 0.2) is 18.3 Å². The Labute approximate surface area is 165 Å². The Kier molecular flexibility index (Phi) is 4.97. The molecule has 0 bridgehead atoms. The number of hydrogen-bond donors (Lipinski definition) is 1. The van der Waals surface area contributed by atoms with Crippen LogP contribution in [0, 0.1) is 6.92 Å². The van der Waals surface area contributed by atoms with E-state index in [2.05, 4.69) is 20.4 Å². The summed E-state index contributed by atoms with van der Waals surface area (Å²) in [5.74, 6) is -1.63. The van der Waals surface area contributed by atoms with Crippen molar-refractivity contribution in [2.24, 2.45) is 0 Å². The minimum atomic E-state index is -2.61. The van der Waals surface area contributed by atoms with Crippen LogP contribution < -0.4 is 15.2 Å². The molecule has 1 saturated heterocycles. The molecular weight excluding hydrogens is 386 g/mol. The summed E-state index contributed by atoms with van der Waals surface area (Å²) in [4.78, 5) is 20.7. The topological polar surface area (TPSA) is 108 Å². The summed E-state index contributed by atoms with van der Waals surface area (Å²) in [5, 5.41) is 18.3. The molecule has 1 aliphatic heterocycles. The van der Waals surface area contributed by atoms with Crippen LogP contribution in [-0.2, 0) is 0 Å². The van der Waals surface area contributed by atoms with Gasteiger partial charge in [0, 0.05) is 31.1 Å². The van der Waals surface area contributed by atoms with E-state index in [-0.39, 0.29) is 49.9 Å². The minimum Gasteiger partial charge on any atom is -0.530 e. The quantitative estimate of drug-likeness (QED) is 0.797. The van der Waals surface area contributed by atoms with Gasteiger partial charge in [0.05, 0.1) is 18.8 Å². The molecule has 1 amide bonds. The fourth-order valence-corrected chi connectivity index (χ4v) is 3.40. The smallest absolute Gasteiger partial charge is 0.255 e. The molecule has 0 aromatic carbocycles. The van der Waals surface area contributed by atoms with E-state index in [0.717, 1.165) is 10.6 Å². The first kappa shape index (κ1) is 19.3. The van der Waals surface area contributed by atoms with Gasteiger partial charge in [-0.2, -0.15) is 15.1 Å². The first-order valence-corrected chi connectivity index (χ1v) is 9.46. The van der Waals surface area contributed by atoms with Crippen LogP contribution >= 0.6 is 0 Å². The van der Waals surface area contributed by atoms with E-state index in [1.54, 1.807) is 18.3 Å². The predicted octanol–water partition coefficient (Wildman–Crippen LogP) is 1.37. The number of rotatable bonds is 5. The van der Waals surface area contributed by atoms with Gasteiger partial charge in [-0.25, -0.2) is 13.5 Å². The number of ether oxygens (including phenoxy) is 1. The van der Waals surface area contributed by atoms with Gasteiger partial charge in [-0.3, -0.25) is 0 Å². The second-order valence-electron chi connectivity index (χ2n) is 7.48. The summed E-state index contributed by atoms with van der Waals surface area (Å²) >= 11 is 0. The monoisotopic (exact) mass is 407 g/mol. The lowest BCUT2D eigenvalue weighted by atomic mass is 9.92. The van der Waals surface area contributed by atoms with E-state index in [1.807, 2.05) is 6.92 Å². The molecule has 1 saturated carbocycles. The van der Waals surface area contributed by atoms with E-state index in [9.17, 15) is 18.7 Å².